The third-order valence-corrected chi connectivity index (χ3v) is 2.94. The van der Waals surface area contributed by atoms with Gasteiger partial charge in [-0.25, -0.2) is 4.98 Å². The first-order chi connectivity index (χ1) is 7.34. The Hall–Kier alpha value is -0.740. The van der Waals surface area contributed by atoms with Crippen molar-refractivity contribution in [1.82, 2.24) is 4.98 Å². The van der Waals surface area contributed by atoms with Gasteiger partial charge in [-0.1, -0.05) is 32.4 Å². The van der Waals surface area contributed by atoms with Gasteiger partial charge < -0.3 is 5.32 Å². The summed E-state index contributed by atoms with van der Waals surface area (Å²) in [7, 11) is 0. The highest BCUT2D eigenvalue weighted by Crippen LogP contribution is 2.26. The lowest BCUT2D eigenvalue weighted by molar-refractivity contribution is -0.123. The summed E-state index contributed by atoms with van der Waals surface area (Å²) in [6.07, 6.45) is 1.93. The number of carbonyl (C=O) groups is 1. The molecule has 0 aromatic carbocycles. The molecule has 1 N–H and O–H groups in total. The van der Waals surface area contributed by atoms with Gasteiger partial charge in [0.25, 0.3) is 0 Å². The number of rotatable bonds is 2. The molecule has 1 aromatic rings. The number of carbonyl (C=O) groups excluding carboxylic acids is 1. The zero-order valence-electron chi connectivity index (χ0n) is 9.80. The zero-order valence-corrected chi connectivity index (χ0v) is 11.4. The minimum Gasteiger partial charge on any atom is -0.309 e. The standard InChI is InChI=1S/C11H15ClN2OS/c1-11(2,3)10(15)14-9-7(16-4)5-6-8(12)13-9/h5-6H,1-4H3,(H,13,14,15). The van der Waals surface area contributed by atoms with Crippen LogP contribution in [0.2, 0.25) is 5.15 Å². The molecule has 1 aromatic heterocycles. The molecule has 0 saturated carbocycles. The molecule has 0 aliphatic rings. The maximum absolute atomic E-state index is 11.8. The van der Waals surface area contributed by atoms with Gasteiger partial charge in [0.15, 0.2) is 0 Å². The summed E-state index contributed by atoms with van der Waals surface area (Å²) in [4.78, 5) is 16.8. The summed E-state index contributed by atoms with van der Waals surface area (Å²) in [6.45, 7) is 5.56. The van der Waals surface area contributed by atoms with E-state index in [-0.39, 0.29) is 5.91 Å². The predicted octanol–water partition coefficient (Wildman–Crippen LogP) is 3.44. The van der Waals surface area contributed by atoms with Crippen molar-refractivity contribution in [3.63, 3.8) is 0 Å². The molecule has 0 fully saturated rings. The highest BCUT2D eigenvalue weighted by molar-refractivity contribution is 7.98. The quantitative estimate of drug-likeness (QED) is 0.653. The van der Waals surface area contributed by atoms with Crippen LogP contribution in [0.5, 0.6) is 0 Å². The van der Waals surface area contributed by atoms with Crippen LogP contribution >= 0.6 is 23.4 Å². The number of thioether (sulfide) groups is 1. The number of halogens is 1. The Bertz CT molecular complexity index is 401. The Morgan fingerprint density at radius 2 is 2.06 bits per heavy atom. The summed E-state index contributed by atoms with van der Waals surface area (Å²) < 4.78 is 0. The Morgan fingerprint density at radius 1 is 1.44 bits per heavy atom. The van der Waals surface area contributed by atoms with Crippen molar-refractivity contribution in [2.45, 2.75) is 25.7 Å². The van der Waals surface area contributed by atoms with Crippen molar-refractivity contribution >= 4 is 35.1 Å². The van der Waals surface area contributed by atoms with Crippen LogP contribution in [0.3, 0.4) is 0 Å². The first-order valence-electron chi connectivity index (χ1n) is 4.86. The molecule has 1 amide bonds. The van der Waals surface area contributed by atoms with Crippen LogP contribution in [-0.2, 0) is 4.79 Å². The summed E-state index contributed by atoms with van der Waals surface area (Å²) in [5.41, 5.74) is -0.445. The first-order valence-corrected chi connectivity index (χ1v) is 6.47. The van der Waals surface area contributed by atoms with Crippen LogP contribution in [0.1, 0.15) is 20.8 Å². The van der Waals surface area contributed by atoms with E-state index >= 15 is 0 Å². The van der Waals surface area contributed by atoms with E-state index in [1.54, 1.807) is 6.07 Å². The normalized spacial score (nSPS) is 11.3. The molecular formula is C11H15ClN2OS. The molecule has 0 atom stereocenters. The maximum Gasteiger partial charge on any atom is 0.230 e. The van der Waals surface area contributed by atoms with Crippen molar-refractivity contribution < 1.29 is 4.79 Å². The fourth-order valence-corrected chi connectivity index (χ4v) is 1.61. The molecule has 0 saturated heterocycles. The van der Waals surface area contributed by atoms with Gasteiger partial charge in [-0.3, -0.25) is 4.79 Å². The molecule has 1 rings (SSSR count). The molecule has 0 bridgehead atoms. The number of hydrogen-bond donors (Lipinski definition) is 1. The molecule has 0 unspecified atom stereocenters. The van der Waals surface area contributed by atoms with E-state index in [9.17, 15) is 4.79 Å². The average Bonchev–Trinajstić information content (AvgIpc) is 2.16. The first kappa shape index (κ1) is 13.3. The van der Waals surface area contributed by atoms with Crippen LogP contribution in [0.15, 0.2) is 17.0 Å². The van der Waals surface area contributed by atoms with Gasteiger partial charge >= 0.3 is 0 Å². The van der Waals surface area contributed by atoms with Crippen molar-refractivity contribution in [3.05, 3.63) is 17.3 Å². The number of nitrogens with one attached hydrogen (secondary N) is 1. The Morgan fingerprint density at radius 3 is 2.56 bits per heavy atom. The number of anilines is 1. The molecule has 0 aliphatic carbocycles. The third kappa shape index (κ3) is 3.39. The van der Waals surface area contributed by atoms with Gasteiger partial charge in [0, 0.05) is 5.41 Å². The lowest BCUT2D eigenvalue weighted by atomic mass is 9.96. The van der Waals surface area contributed by atoms with E-state index in [0.717, 1.165) is 4.90 Å². The van der Waals surface area contributed by atoms with E-state index in [2.05, 4.69) is 10.3 Å². The molecule has 3 nitrogen and oxygen atoms in total. The maximum atomic E-state index is 11.8. The van der Waals surface area contributed by atoms with Crippen molar-refractivity contribution in [1.29, 1.82) is 0 Å². The molecule has 16 heavy (non-hydrogen) atoms. The lowest BCUT2D eigenvalue weighted by Gasteiger charge is -2.18. The molecule has 88 valence electrons. The second kappa shape index (κ2) is 5.06. The number of hydrogen-bond acceptors (Lipinski definition) is 3. The van der Waals surface area contributed by atoms with Crippen molar-refractivity contribution in [2.24, 2.45) is 5.41 Å². The fourth-order valence-electron chi connectivity index (χ4n) is 0.972. The fraction of sp³-hybridized carbons (Fsp3) is 0.455. The predicted molar refractivity (Wildman–Crippen MR) is 69.1 cm³/mol. The minimum atomic E-state index is -0.445. The summed E-state index contributed by atoms with van der Waals surface area (Å²) in [5, 5.41) is 3.16. The van der Waals surface area contributed by atoms with Gasteiger partial charge in [-0.15, -0.1) is 11.8 Å². The van der Waals surface area contributed by atoms with Gasteiger partial charge in [-0.2, -0.15) is 0 Å². The minimum absolute atomic E-state index is 0.0717. The van der Waals surface area contributed by atoms with Crippen LogP contribution in [0.25, 0.3) is 0 Å². The highest BCUT2D eigenvalue weighted by atomic mass is 35.5. The number of nitrogens with zero attached hydrogens (tertiary/aromatic N) is 1. The van der Waals surface area contributed by atoms with Crippen molar-refractivity contribution in [3.8, 4) is 0 Å². The number of pyridine rings is 1. The van der Waals surface area contributed by atoms with Crippen LogP contribution in [0, 0.1) is 5.41 Å². The molecule has 0 radical (unpaired) electrons. The van der Waals surface area contributed by atoms with E-state index in [1.165, 1.54) is 11.8 Å². The topological polar surface area (TPSA) is 42.0 Å². The monoisotopic (exact) mass is 258 g/mol. The number of amides is 1. The largest absolute Gasteiger partial charge is 0.309 e. The molecule has 0 spiro atoms. The molecular weight excluding hydrogens is 244 g/mol. The van der Waals surface area contributed by atoms with E-state index in [4.69, 9.17) is 11.6 Å². The summed E-state index contributed by atoms with van der Waals surface area (Å²) in [6, 6.07) is 3.55. The van der Waals surface area contributed by atoms with Crippen LogP contribution in [0.4, 0.5) is 5.82 Å². The smallest absolute Gasteiger partial charge is 0.230 e. The van der Waals surface area contributed by atoms with Crippen LogP contribution < -0.4 is 5.32 Å². The van der Waals surface area contributed by atoms with E-state index in [0.29, 0.717) is 11.0 Å². The SMILES string of the molecule is CSc1ccc(Cl)nc1NC(=O)C(C)(C)C. The molecule has 1 heterocycles. The Kier molecular flexibility index (Phi) is 4.21. The van der Waals surface area contributed by atoms with Gasteiger partial charge in [0.1, 0.15) is 11.0 Å². The summed E-state index contributed by atoms with van der Waals surface area (Å²) >= 11 is 7.32. The average molecular weight is 259 g/mol. The Balaban J connectivity index is 2.96. The van der Waals surface area contributed by atoms with Crippen molar-refractivity contribution in [2.75, 3.05) is 11.6 Å². The lowest BCUT2D eigenvalue weighted by Crippen LogP contribution is -2.28. The van der Waals surface area contributed by atoms with Gasteiger partial charge in [0.05, 0.1) is 4.90 Å². The second-order valence-corrected chi connectivity index (χ2v) is 5.62. The summed E-state index contributed by atoms with van der Waals surface area (Å²) in [5.74, 6) is 0.456. The van der Waals surface area contributed by atoms with E-state index < -0.39 is 5.41 Å². The number of aromatic nitrogens is 1. The second-order valence-electron chi connectivity index (χ2n) is 4.39. The van der Waals surface area contributed by atoms with Gasteiger partial charge in [0.2, 0.25) is 5.91 Å². The molecule has 0 aliphatic heterocycles. The van der Waals surface area contributed by atoms with E-state index in [1.807, 2.05) is 33.1 Å². The zero-order chi connectivity index (χ0) is 12.3. The van der Waals surface area contributed by atoms with Crippen LogP contribution in [-0.4, -0.2) is 17.1 Å². The molecule has 5 heteroatoms. The van der Waals surface area contributed by atoms with Gasteiger partial charge in [-0.05, 0) is 18.4 Å². The Labute approximate surface area is 105 Å². The third-order valence-electron chi connectivity index (χ3n) is 1.96. The highest BCUT2D eigenvalue weighted by Gasteiger charge is 2.22.